The van der Waals surface area contributed by atoms with Crippen molar-refractivity contribution in [3.05, 3.63) is 83.9 Å². The van der Waals surface area contributed by atoms with Gasteiger partial charge in [0.1, 0.15) is 0 Å². The first kappa shape index (κ1) is 21.5. The number of hydrogen-bond donors (Lipinski definition) is 0. The lowest BCUT2D eigenvalue weighted by molar-refractivity contribution is -0.140. The highest BCUT2D eigenvalue weighted by Crippen LogP contribution is 2.65. The fourth-order valence-corrected chi connectivity index (χ4v) is 7.61. The zero-order chi connectivity index (χ0) is 23.5. The van der Waals surface area contributed by atoms with E-state index in [1.807, 2.05) is 0 Å². The Morgan fingerprint density at radius 3 is 1.71 bits per heavy atom. The van der Waals surface area contributed by atoms with Gasteiger partial charge >= 0.3 is 0 Å². The van der Waals surface area contributed by atoms with Crippen molar-refractivity contribution >= 4 is 11.8 Å². The molecule has 35 heavy (non-hydrogen) atoms. The van der Waals surface area contributed by atoms with Gasteiger partial charge in [0, 0.05) is 39.3 Å². The van der Waals surface area contributed by atoms with Gasteiger partial charge in [-0.15, -0.1) is 0 Å². The monoisotopic (exact) mass is 467 g/mol. The third-order valence-electron chi connectivity index (χ3n) is 9.40. The molecular weight excluding hydrogens is 434 g/mol. The molecule has 8 rings (SSSR count). The Morgan fingerprint density at radius 1 is 0.686 bits per heavy atom. The van der Waals surface area contributed by atoms with E-state index in [4.69, 9.17) is 0 Å². The van der Waals surface area contributed by atoms with Crippen LogP contribution in [-0.4, -0.2) is 65.8 Å². The molecule has 6 aliphatic rings. The van der Waals surface area contributed by atoms with Crippen molar-refractivity contribution in [2.45, 2.75) is 12.5 Å². The van der Waals surface area contributed by atoms with Gasteiger partial charge in [0.05, 0.1) is 17.9 Å². The van der Waals surface area contributed by atoms with Crippen molar-refractivity contribution in [2.24, 2.45) is 35.5 Å². The maximum absolute atomic E-state index is 13.3. The predicted octanol–water partition coefficient (Wildman–Crippen LogP) is 3.45. The number of piperazine rings is 1. The van der Waals surface area contributed by atoms with Gasteiger partial charge in [0.15, 0.2) is 0 Å². The fourth-order valence-electron chi connectivity index (χ4n) is 7.61. The first-order chi connectivity index (χ1) is 17.2. The molecule has 2 saturated carbocycles. The Morgan fingerprint density at radius 2 is 1.20 bits per heavy atom. The smallest absolute Gasteiger partial charge is 0.233 e. The number of nitrogens with zero attached hydrogens (tertiary/aromatic N) is 3. The Balaban J connectivity index is 0.996. The number of benzene rings is 2. The molecule has 2 aromatic carbocycles. The molecule has 2 aliphatic heterocycles. The average molecular weight is 468 g/mol. The number of allylic oxidation sites excluding steroid dienone is 2. The van der Waals surface area contributed by atoms with E-state index in [-0.39, 0.29) is 29.7 Å². The van der Waals surface area contributed by atoms with E-state index in [1.54, 1.807) is 4.90 Å². The molecule has 180 valence electrons. The minimum absolute atomic E-state index is 0.0735. The molecule has 0 N–H and O–H groups in total. The molecule has 2 amide bonds. The maximum Gasteiger partial charge on any atom is 0.233 e. The Hall–Kier alpha value is -2.76. The summed E-state index contributed by atoms with van der Waals surface area (Å²) >= 11 is 0. The van der Waals surface area contributed by atoms with E-state index in [2.05, 4.69) is 82.6 Å². The molecule has 4 aliphatic carbocycles. The van der Waals surface area contributed by atoms with Crippen LogP contribution in [0.15, 0.2) is 72.8 Å². The minimum atomic E-state index is -0.0735. The maximum atomic E-state index is 13.3. The molecule has 4 unspecified atom stereocenters. The van der Waals surface area contributed by atoms with Crippen LogP contribution in [0, 0.1) is 35.5 Å². The quantitative estimate of drug-likeness (QED) is 0.482. The van der Waals surface area contributed by atoms with Crippen LogP contribution in [-0.2, 0) is 9.59 Å². The van der Waals surface area contributed by atoms with E-state index in [0.717, 1.165) is 32.7 Å². The van der Waals surface area contributed by atoms with Gasteiger partial charge in [-0.2, -0.15) is 0 Å². The second kappa shape index (κ2) is 8.42. The second-order valence-electron chi connectivity index (χ2n) is 11.1. The molecule has 2 saturated heterocycles. The molecule has 6 atom stereocenters. The largest absolute Gasteiger partial charge is 0.299 e. The summed E-state index contributed by atoms with van der Waals surface area (Å²) in [6, 6.07) is 21.8. The highest BCUT2D eigenvalue weighted by molar-refractivity contribution is 6.06. The van der Waals surface area contributed by atoms with E-state index in [9.17, 15) is 9.59 Å². The van der Waals surface area contributed by atoms with E-state index in [1.165, 1.54) is 17.5 Å². The predicted molar refractivity (Wildman–Crippen MR) is 134 cm³/mol. The topological polar surface area (TPSA) is 43.9 Å². The van der Waals surface area contributed by atoms with E-state index in [0.29, 0.717) is 30.2 Å². The Labute approximate surface area is 207 Å². The van der Waals surface area contributed by atoms with Crippen LogP contribution in [0.4, 0.5) is 0 Å². The third-order valence-corrected chi connectivity index (χ3v) is 9.40. The first-order valence-corrected chi connectivity index (χ1v) is 13.3. The van der Waals surface area contributed by atoms with Gasteiger partial charge in [0.2, 0.25) is 11.8 Å². The number of carbonyl (C=O) groups excluding carboxylic acids is 2. The minimum Gasteiger partial charge on any atom is -0.299 e. The van der Waals surface area contributed by atoms with Crippen molar-refractivity contribution < 1.29 is 9.59 Å². The van der Waals surface area contributed by atoms with Crippen LogP contribution in [0.2, 0.25) is 0 Å². The molecule has 0 spiro atoms. The summed E-state index contributed by atoms with van der Waals surface area (Å²) < 4.78 is 0. The normalized spacial score (nSPS) is 33.9. The summed E-state index contributed by atoms with van der Waals surface area (Å²) in [6.45, 7) is 5.17. The SMILES string of the molecule is O=C1C2C(C(=O)N1CCN1CCN(C(c3ccccc3)c3ccccc3)CC1)[C@H]1C=C[C@@H]2C2CC21. The fraction of sp³-hybridized carbons (Fsp3) is 0.467. The lowest BCUT2D eigenvalue weighted by Gasteiger charge is -2.40. The highest BCUT2D eigenvalue weighted by Gasteiger charge is 2.66. The van der Waals surface area contributed by atoms with Gasteiger partial charge in [-0.3, -0.25) is 24.3 Å². The van der Waals surface area contributed by atoms with Gasteiger partial charge in [0.25, 0.3) is 0 Å². The zero-order valence-electron chi connectivity index (χ0n) is 20.1. The Kier molecular flexibility index (Phi) is 5.18. The molecule has 4 fully saturated rings. The molecule has 2 aromatic rings. The van der Waals surface area contributed by atoms with Gasteiger partial charge in [-0.05, 0) is 41.2 Å². The number of imide groups is 1. The molecule has 5 heteroatoms. The van der Waals surface area contributed by atoms with Gasteiger partial charge < -0.3 is 0 Å². The van der Waals surface area contributed by atoms with Crippen molar-refractivity contribution in [1.29, 1.82) is 0 Å². The van der Waals surface area contributed by atoms with Crippen LogP contribution in [0.25, 0.3) is 0 Å². The number of rotatable bonds is 6. The lowest BCUT2D eigenvalue weighted by Crippen LogP contribution is -2.50. The summed E-state index contributed by atoms with van der Waals surface area (Å²) in [5, 5.41) is 0. The summed E-state index contributed by atoms with van der Waals surface area (Å²) in [4.78, 5) is 33.2. The Bertz CT molecular complexity index is 1070. The van der Waals surface area contributed by atoms with Crippen LogP contribution < -0.4 is 0 Å². The second-order valence-corrected chi connectivity index (χ2v) is 11.1. The van der Waals surface area contributed by atoms with E-state index < -0.39 is 0 Å². The van der Waals surface area contributed by atoms with Gasteiger partial charge in [-0.25, -0.2) is 0 Å². The van der Waals surface area contributed by atoms with E-state index >= 15 is 0 Å². The summed E-state index contributed by atoms with van der Waals surface area (Å²) in [5.74, 6) is 2.02. The van der Waals surface area contributed by atoms with Crippen LogP contribution in [0.1, 0.15) is 23.6 Å². The summed E-state index contributed by atoms with van der Waals surface area (Å²) in [6.07, 6.45) is 5.72. The lowest BCUT2D eigenvalue weighted by atomic mass is 9.63. The number of amides is 2. The molecule has 2 heterocycles. The first-order valence-electron chi connectivity index (χ1n) is 13.3. The van der Waals surface area contributed by atoms with Crippen LogP contribution >= 0.6 is 0 Å². The molecule has 0 radical (unpaired) electrons. The zero-order valence-corrected chi connectivity index (χ0v) is 20.1. The van der Waals surface area contributed by atoms with Crippen LogP contribution in [0.3, 0.4) is 0 Å². The number of hydrogen-bond acceptors (Lipinski definition) is 4. The average Bonchev–Trinajstić information content (AvgIpc) is 3.69. The van der Waals surface area contributed by atoms with Crippen molar-refractivity contribution in [3.63, 3.8) is 0 Å². The summed E-state index contributed by atoms with van der Waals surface area (Å²) in [5.41, 5.74) is 2.65. The number of carbonyl (C=O) groups is 2. The molecule has 0 aromatic heterocycles. The summed E-state index contributed by atoms with van der Waals surface area (Å²) in [7, 11) is 0. The molecular formula is C30H33N3O2. The van der Waals surface area contributed by atoms with Gasteiger partial charge in [-0.1, -0.05) is 72.8 Å². The highest BCUT2D eigenvalue weighted by atomic mass is 16.2. The third kappa shape index (κ3) is 3.51. The van der Waals surface area contributed by atoms with Crippen molar-refractivity contribution in [2.75, 3.05) is 39.3 Å². The number of likely N-dealkylation sites (tertiary alicyclic amines) is 1. The standard InChI is InChI=1S/C30H33N3O2/c34-29-26-22-11-12-23(25-19-24(22)25)27(26)30(35)33(29)18-15-31-13-16-32(17-14-31)28(20-7-3-1-4-8-20)21-9-5-2-6-10-21/h1-12,22-28H,13-19H2/t22-,23+,24?,25?,26?,27?. The van der Waals surface area contributed by atoms with Crippen molar-refractivity contribution in [3.8, 4) is 0 Å². The molecule has 2 bridgehead atoms. The molecule has 5 nitrogen and oxygen atoms in total. The van der Waals surface area contributed by atoms with Crippen LogP contribution in [0.5, 0.6) is 0 Å². The van der Waals surface area contributed by atoms with Crippen molar-refractivity contribution in [1.82, 2.24) is 14.7 Å².